The number of carbonyl (C=O) groups excluding carboxylic acids is 1. The molecule has 1 fully saturated rings. The third kappa shape index (κ3) is 6.63. The zero-order valence-corrected chi connectivity index (χ0v) is 26.2. The maximum atomic E-state index is 14.4. The van der Waals surface area contributed by atoms with E-state index in [0.717, 1.165) is 10.9 Å². The molecule has 0 aliphatic carbocycles. The monoisotopic (exact) mass is 664 g/mol. The zero-order chi connectivity index (χ0) is 33.3. The number of anilines is 1. The van der Waals surface area contributed by atoms with Crippen LogP contribution >= 0.6 is 7.75 Å². The Balaban J connectivity index is 1.24. The Hall–Kier alpha value is -4.63. The first-order chi connectivity index (χ1) is 22.4. The van der Waals surface area contributed by atoms with Gasteiger partial charge in [0, 0.05) is 5.39 Å². The first kappa shape index (κ1) is 32.3. The van der Waals surface area contributed by atoms with E-state index in [1.165, 1.54) is 24.7 Å². The number of ether oxygens (including phenoxy) is 2. The normalized spacial score (nSPS) is 23.0. The minimum absolute atomic E-state index is 0.00504. The van der Waals surface area contributed by atoms with Gasteiger partial charge in [-0.25, -0.2) is 9.55 Å². The lowest BCUT2D eigenvalue weighted by molar-refractivity contribution is -0.146. The van der Waals surface area contributed by atoms with E-state index in [1.54, 1.807) is 36.4 Å². The van der Waals surface area contributed by atoms with E-state index in [0.29, 0.717) is 5.39 Å². The lowest BCUT2D eigenvalue weighted by Gasteiger charge is -2.27. The smallest absolute Gasteiger partial charge is 0.459 e. The van der Waals surface area contributed by atoms with Crippen LogP contribution in [0.1, 0.15) is 25.6 Å². The minimum atomic E-state index is -4.42. The summed E-state index contributed by atoms with van der Waals surface area (Å²) < 4.78 is 38.8. The Bertz CT molecular complexity index is 2010. The van der Waals surface area contributed by atoms with Gasteiger partial charge < -0.3 is 29.9 Å². The molecule has 6 N–H and O–H groups in total. The largest absolute Gasteiger partial charge is 0.460 e. The molecule has 3 heterocycles. The summed E-state index contributed by atoms with van der Waals surface area (Å²) in [5, 5.41) is 26.5. The molecule has 3 aromatic carbocycles. The van der Waals surface area contributed by atoms with Crippen LogP contribution in [0.4, 0.5) is 5.95 Å². The van der Waals surface area contributed by atoms with Crippen molar-refractivity contribution < 1.29 is 38.1 Å². The summed E-state index contributed by atoms with van der Waals surface area (Å²) in [6.45, 7) is 2.20. The van der Waals surface area contributed by atoms with Crippen molar-refractivity contribution in [2.24, 2.45) is 0 Å². The summed E-state index contributed by atoms with van der Waals surface area (Å²) in [5.41, 5.74) is 3.88. The third-order valence-electron chi connectivity index (χ3n) is 7.76. The number of nitrogens with zero attached hydrogens (tertiary/aromatic N) is 3. The molecule has 0 spiro atoms. The molecule has 0 radical (unpaired) electrons. The average molecular weight is 665 g/mol. The number of imidazole rings is 1. The SMILES string of the molecule is C[C@@H](NP(=O)(OC[C@H]1O[C@@H](n2cnc3c(=O)[nH]c(N)nc32)[C@](C)(O)[C@@H]1O)Oc1cccc2ccccc12)C(=O)OCc1ccccc1. The number of esters is 1. The van der Waals surface area contributed by atoms with Gasteiger partial charge in [0.1, 0.15) is 36.2 Å². The van der Waals surface area contributed by atoms with E-state index in [1.807, 2.05) is 36.4 Å². The average Bonchev–Trinajstić information content (AvgIpc) is 3.56. The van der Waals surface area contributed by atoms with Crippen LogP contribution in [-0.2, 0) is 30.0 Å². The van der Waals surface area contributed by atoms with Crippen molar-refractivity contribution in [3.63, 3.8) is 0 Å². The van der Waals surface area contributed by atoms with Crippen molar-refractivity contribution in [3.8, 4) is 5.75 Å². The first-order valence-electron chi connectivity index (χ1n) is 14.6. The number of benzene rings is 3. The van der Waals surface area contributed by atoms with Crippen LogP contribution in [0.3, 0.4) is 0 Å². The molecule has 1 saturated heterocycles. The van der Waals surface area contributed by atoms with Gasteiger partial charge in [0.2, 0.25) is 5.95 Å². The number of hydrogen-bond donors (Lipinski definition) is 5. The summed E-state index contributed by atoms with van der Waals surface area (Å²) in [7, 11) is -4.42. The number of aliphatic hydroxyl groups is 2. The van der Waals surface area contributed by atoms with E-state index in [9.17, 15) is 24.4 Å². The molecule has 6 atom stereocenters. The van der Waals surface area contributed by atoms with Crippen LogP contribution in [0.15, 0.2) is 83.9 Å². The Kier molecular flexibility index (Phi) is 8.85. The number of nitrogens with two attached hydrogens (primary N) is 1. The van der Waals surface area contributed by atoms with Crippen LogP contribution in [0.25, 0.3) is 21.9 Å². The second-order valence-electron chi connectivity index (χ2n) is 11.3. The molecule has 15 nitrogen and oxygen atoms in total. The summed E-state index contributed by atoms with van der Waals surface area (Å²) in [6.07, 6.45) is -2.93. The van der Waals surface area contributed by atoms with Gasteiger partial charge in [-0.1, -0.05) is 66.7 Å². The molecule has 246 valence electrons. The number of H-pyrrole nitrogens is 1. The molecular formula is C31H33N6O9P. The third-order valence-corrected chi connectivity index (χ3v) is 9.39. The molecule has 1 aliphatic rings. The molecule has 1 unspecified atom stereocenters. The number of carbonyl (C=O) groups is 1. The fourth-order valence-corrected chi connectivity index (χ4v) is 6.82. The van der Waals surface area contributed by atoms with Crippen LogP contribution in [0.5, 0.6) is 5.75 Å². The second kappa shape index (κ2) is 12.9. The summed E-state index contributed by atoms with van der Waals surface area (Å²) in [4.78, 5) is 35.7. The first-order valence-corrected chi connectivity index (χ1v) is 16.2. The lowest BCUT2D eigenvalue weighted by Crippen LogP contribution is -2.44. The van der Waals surface area contributed by atoms with Gasteiger partial charge in [0.15, 0.2) is 17.4 Å². The topological polar surface area (TPSA) is 213 Å². The highest BCUT2D eigenvalue weighted by atomic mass is 31.2. The number of aromatic nitrogens is 4. The molecule has 0 saturated carbocycles. The van der Waals surface area contributed by atoms with Crippen molar-refractivity contribution in [1.82, 2.24) is 24.6 Å². The maximum absolute atomic E-state index is 14.4. The Morgan fingerprint density at radius 2 is 1.89 bits per heavy atom. The van der Waals surface area contributed by atoms with Crippen LogP contribution in [0.2, 0.25) is 0 Å². The maximum Gasteiger partial charge on any atom is 0.459 e. The van der Waals surface area contributed by atoms with Crippen molar-refractivity contribution in [1.29, 1.82) is 0 Å². The molecule has 6 rings (SSSR count). The van der Waals surface area contributed by atoms with Crippen LogP contribution in [0, 0.1) is 0 Å². The highest BCUT2D eigenvalue weighted by molar-refractivity contribution is 7.52. The summed E-state index contributed by atoms with van der Waals surface area (Å²) in [6, 6.07) is 20.3. The number of rotatable bonds is 11. The van der Waals surface area contributed by atoms with Gasteiger partial charge in [0.05, 0.1) is 12.9 Å². The van der Waals surface area contributed by atoms with Crippen LogP contribution < -0.4 is 20.9 Å². The van der Waals surface area contributed by atoms with Gasteiger partial charge in [-0.15, -0.1) is 0 Å². The number of aliphatic hydroxyl groups excluding tert-OH is 1. The number of aromatic amines is 1. The van der Waals surface area contributed by atoms with E-state index in [2.05, 4.69) is 20.0 Å². The highest BCUT2D eigenvalue weighted by Crippen LogP contribution is 2.48. The van der Waals surface area contributed by atoms with Crippen molar-refractivity contribution >= 4 is 41.6 Å². The summed E-state index contributed by atoms with van der Waals surface area (Å²) in [5.74, 6) is -0.690. The van der Waals surface area contributed by atoms with Gasteiger partial charge in [-0.2, -0.15) is 10.1 Å². The minimum Gasteiger partial charge on any atom is -0.460 e. The molecule has 0 bridgehead atoms. The van der Waals surface area contributed by atoms with Gasteiger partial charge in [0.25, 0.3) is 5.56 Å². The molecule has 16 heteroatoms. The molecule has 0 amide bonds. The number of nitrogen functional groups attached to an aromatic ring is 1. The van der Waals surface area contributed by atoms with Crippen LogP contribution in [-0.4, -0.2) is 66.2 Å². The Morgan fingerprint density at radius 1 is 1.17 bits per heavy atom. The van der Waals surface area contributed by atoms with E-state index in [4.69, 9.17) is 24.3 Å². The lowest BCUT2D eigenvalue weighted by atomic mass is 9.96. The predicted molar refractivity (Wildman–Crippen MR) is 170 cm³/mol. The van der Waals surface area contributed by atoms with Gasteiger partial charge in [-0.3, -0.25) is 23.7 Å². The molecule has 2 aromatic heterocycles. The second-order valence-corrected chi connectivity index (χ2v) is 13.0. The molecular weight excluding hydrogens is 631 g/mol. The van der Waals surface area contributed by atoms with E-state index < -0.39 is 56.0 Å². The number of hydrogen-bond acceptors (Lipinski definition) is 12. The Morgan fingerprint density at radius 3 is 2.68 bits per heavy atom. The highest BCUT2D eigenvalue weighted by Gasteiger charge is 2.54. The summed E-state index contributed by atoms with van der Waals surface area (Å²) >= 11 is 0. The van der Waals surface area contributed by atoms with Crippen molar-refractivity contribution in [2.75, 3.05) is 12.3 Å². The standard InChI is InChI=1S/C31H33N6O9P/c1-18(28(40)43-15-19-9-4-3-5-10-19)36-47(42,46-22-14-8-12-20-11-6-7-13-21(20)22)44-16-23-25(38)31(2,41)29(45-23)37-17-33-24-26(37)34-30(32)35-27(24)39/h3-14,17-18,23,25,29,38,41H,15-16H2,1-2H3,(H,36,42)(H3,32,34,35,39)/t18-,23-,25-,29-,31-,47?/m1/s1. The van der Waals surface area contributed by atoms with Gasteiger partial charge >= 0.3 is 13.7 Å². The molecule has 47 heavy (non-hydrogen) atoms. The van der Waals surface area contributed by atoms with E-state index in [-0.39, 0.29) is 29.5 Å². The quantitative estimate of drug-likeness (QED) is 0.102. The fraction of sp³-hybridized carbons (Fsp3) is 0.290. The molecule has 1 aliphatic heterocycles. The number of fused-ring (bicyclic) bond motifs is 2. The zero-order valence-electron chi connectivity index (χ0n) is 25.3. The van der Waals surface area contributed by atoms with Crippen molar-refractivity contribution in [2.45, 2.75) is 50.5 Å². The number of nitrogens with one attached hydrogen (secondary N) is 2. The van der Waals surface area contributed by atoms with Crippen molar-refractivity contribution in [3.05, 3.63) is 95.0 Å². The molecule has 5 aromatic rings. The van der Waals surface area contributed by atoms with Gasteiger partial charge in [-0.05, 0) is 30.9 Å². The Labute approximate surface area is 267 Å². The predicted octanol–water partition coefficient (Wildman–Crippen LogP) is 2.79. The van der Waals surface area contributed by atoms with E-state index >= 15 is 0 Å². The fourth-order valence-electron chi connectivity index (χ4n) is 5.30.